The van der Waals surface area contributed by atoms with Gasteiger partial charge in [-0.3, -0.25) is 4.79 Å². The molecule has 0 amide bonds. The summed E-state index contributed by atoms with van der Waals surface area (Å²) in [6, 6.07) is 4.55. The van der Waals surface area contributed by atoms with Gasteiger partial charge in [0.2, 0.25) is 0 Å². The van der Waals surface area contributed by atoms with Crippen molar-refractivity contribution in [3.8, 4) is 0 Å². The molecule has 1 fully saturated rings. The van der Waals surface area contributed by atoms with Crippen molar-refractivity contribution in [1.29, 1.82) is 0 Å². The summed E-state index contributed by atoms with van der Waals surface area (Å²) in [6.45, 7) is 6.58. The van der Waals surface area contributed by atoms with Gasteiger partial charge < -0.3 is 0 Å². The summed E-state index contributed by atoms with van der Waals surface area (Å²) in [7, 11) is 0. The van der Waals surface area contributed by atoms with E-state index in [0.717, 1.165) is 32.1 Å². The molecule has 1 saturated carbocycles. The molecule has 17 heavy (non-hydrogen) atoms. The van der Waals surface area contributed by atoms with Crippen LogP contribution >= 0.6 is 0 Å². The molecule has 1 aliphatic carbocycles. The van der Waals surface area contributed by atoms with Crippen LogP contribution in [-0.4, -0.2) is 5.78 Å². The highest BCUT2D eigenvalue weighted by molar-refractivity contribution is 5.79. The summed E-state index contributed by atoms with van der Waals surface area (Å²) < 4.78 is 0. The fourth-order valence-electron chi connectivity index (χ4n) is 3.02. The highest BCUT2D eigenvalue weighted by atomic mass is 16.1. The monoisotopic (exact) mass is 230 g/mol. The van der Waals surface area contributed by atoms with Crippen LogP contribution in [0.2, 0.25) is 0 Å². The summed E-state index contributed by atoms with van der Waals surface area (Å²) in [4.78, 5) is 11.2. The Morgan fingerprint density at radius 3 is 2.12 bits per heavy atom. The Bertz CT molecular complexity index is 398. The van der Waals surface area contributed by atoms with Crippen molar-refractivity contribution in [3.63, 3.8) is 0 Å². The Kier molecular flexibility index (Phi) is 3.66. The smallest absolute Gasteiger partial charge is 0.132 e. The molecule has 0 unspecified atom stereocenters. The Morgan fingerprint density at radius 2 is 1.59 bits per heavy atom. The van der Waals surface area contributed by atoms with Gasteiger partial charge >= 0.3 is 0 Å². The molecule has 0 radical (unpaired) electrons. The van der Waals surface area contributed by atoms with Crippen molar-refractivity contribution in [2.24, 2.45) is 5.92 Å². The maximum Gasteiger partial charge on any atom is 0.132 e. The van der Waals surface area contributed by atoms with Gasteiger partial charge in [-0.05, 0) is 62.6 Å². The van der Waals surface area contributed by atoms with E-state index in [4.69, 9.17) is 0 Å². The molecule has 0 bridgehead atoms. The van der Waals surface area contributed by atoms with Crippen molar-refractivity contribution in [1.82, 2.24) is 0 Å². The summed E-state index contributed by atoms with van der Waals surface area (Å²) in [5, 5.41) is 0. The maximum atomic E-state index is 11.2. The first-order chi connectivity index (χ1) is 8.06. The quantitative estimate of drug-likeness (QED) is 0.752. The second-order valence-electron chi connectivity index (χ2n) is 5.56. The minimum atomic E-state index is 0.457. The predicted molar refractivity (Wildman–Crippen MR) is 71.3 cm³/mol. The Hall–Kier alpha value is -1.11. The Balaban J connectivity index is 2.11. The third-order valence-electron chi connectivity index (χ3n) is 4.00. The number of rotatable bonds is 2. The fraction of sp³-hybridized carbons (Fsp3) is 0.562. The van der Waals surface area contributed by atoms with E-state index in [1.54, 1.807) is 0 Å². The van der Waals surface area contributed by atoms with Gasteiger partial charge in [-0.2, -0.15) is 0 Å². The van der Waals surface area contributed by atoms with Crippen molar-refractivity contribution in [2.75, 3.05) is 0 Å². The van der Waals surface area contributed by atoms with E-state index in [1.807, 2.05) is 0 Å². The van der Waals surface area contributed by atoms with Gasteiger partial charge in [-0.15, -0.1) is 0 Å². The molecule has 2 rings (SSSR count). The number of carbonyl (C=O) groups is 1. The number of carbonyl (C=O) groups excluding carboxylic acids is 1. The first-order valence-electron chi connectivity index (χ1n) is 6.64. The largest absolute Gasteiger partial charge is 0.300 e. The zero-order chi connectivity index (χ0) is 12.4. The van der Waals surface area contributed by atoms with Crippen LogP contribution in [0.15, 0.2) is 12.1 Å². The number of benzene rings is 1. The van der Waals surface area contributed by atoms with Crippen LogP contribution in [0.5, 0.6) is 0 Å². The zero-order valence-corrected chi connectivity index (χ0v) is 11.2. The van der Waals surface area contributed by atoms with E-state index in [-0.39, 0.29) is 0 Å². The van der Waals surface area contributed by atoms with E-state index >= 15 is 0 Å². The van der Waals surface area contributed by atoms with Crippen molar-refractivity contribution < 1.29 is 4.79 Å². The lowest BCUT2D eigenvalue weighted by molar-refractivity contribution is -0.120. The van der Waals surface area contributed by atoms with Crippen LogP contribution in [0.4, 0.5) is 0 Å². The molecule has 0 heterocycles. The molecule has 0 aromatic heterocycles. The highest BCUT2D eigenvalue weighted by Crippen LogP contribution is 2.28. The normalized spacial score (nSPS) is 17.5. The van der Waals surface area contributed by atoms with Crippen LogP contribution in [-0.2, 0) is 11.2 Å². The highest BCUT2D eigenvalue weighted by Gasteiger charge is 2.20. The maximum absolute atomic E-state index is 11.2. The summed E-state index contributed by atoms with van der Waals surface area (Å²) in [6.07, 6.45) is 4.94. The van der Waals surface area contributed by atoms with E-state index < -0.39 is 0 Å². The molecule has 0 atom stereocenters. The van der Waals surface area contributed by atoms with Gasteiger partial charge in [-0.25, -0.2) is 0 Å². The lowest BCUT2D eigenvalue weighted by atomic mass is 9.82. The minimum Gasteiger partial charge on any atom is -0.300 e. The number of hydrogen-bond donors (Lipinski definition) is 0. The SMILES string of the molecule is Cc1cc(C)c(CC2CCC(=O)CC2)c(C)c1. The molecular formula is C16H22O. The number of aryl methyl sites for hydroxylation is 3. The van der Waals surface area contributed by atoms with Crippen molar-refractivity contribution in [3.05, 3.63) is 34.4 Å². The average molecular weight is 230 g/mol. The fourth-order valence-corrected chi connectivity index (χ4v) is 3.02. The second-order valence-corrected chi connectivity index (χ2v) is 5.56. The van der Waals surface area contributed by atoms with E-state index in [9.17, 15) is 4.79 Å². The van der Waals surface area contributed by atoms with Gasteiger partial charge in [0.15, 0.2) is 0 Å². The lowest BCUT2D eigenvalue weighted by Gasteiger charge is -2.23. The molecule has 1 aromatic rings. The van der Waals surface area contributed by atoms with Gasteiger partial charge in [0.25, 0.3) is 0 Å². The Labute approximate surface area is 104 Å². The molecule has 1 heteroatoms. The van der Waals surface area contributed by atoms with Crippen LogP contribution in [0.25, 0.3) is 0 Å². The molecule has 92 valence electrons. The third kappa shape index (κ3) is 2.96. The molecule has 0 N–H and O–H groups in total. The minimum absolute atomic E-state index is 0.457. The van der Waals surface area contributed by atoms with Crippen molar-refractivity contribution in [2.45, 2.75) is 52.9 Å². The van der Waals surface area contributed by atoms with E-state index in [1.165, 1.54) is 22.3 Å². The van der Waals surface area contributed by atoms with Crippen LogP contribution < -0.4 is 0 Å². The zero-order valence-electron chi connectivity index (χ0n) is 11.2. The molecule has 0 saturated heterocycles. The number of ketones is 1. The standard InChI is InChI=1S/C16H22O/c1-11-8-12(2)16(13(3)9-11)10-14-4-6-15(17)7-5-14/h8-9,14H,4-7,10H2,1-3H3. The Morgan fingerprint density at radius 1 is 1.06 bits per heavy atom. The van der Waals surface area contributed by atoms with Crippen molar-refractivity contribution >= 4 is 5.78 Å². The van der Waals surface area contributed by atoms with E-state index in [2.05, 4.69) is 32.9 Å². The van der Waals surface area contributed by atoms with Gasteiger partial charge in [0.05, 0.1) is 0 Å². The topological polar surface area (TPSA) is 17.1 Å². The number of Topliss-reactive ketones (excluding diaryl/α,β-unsaturated/α-hetero) is 1. The molecule has 0 spiro atoms. The molecular weight excluding hydrogens is 208 g/mol. The van der Waals surface area contributed by atoms with Crippen LogP contribution in [0.3, 0.4) is 0 Å². The van der Waals surface area contributed by atoms with Gasteiger partial charge in [0.1, 0.15) is 5.78 Å². The van der Waals surface area contributed by atoms with Crippen LogP contribution in [0.1, 0.15) is 47.9 Å². The molecule has 1 nitrogen and oxygen atoms in total. The summed E-state index contributed by atoms with van der Waals surface area (Å²) in [5.41, 5.74) is 5.69. The van der Waals surface area contributed by atoms with Crippen LogP contribution in [0, 0.1) is 26.7 Å². The third-order valence-corrected chi connectivity index (χ3v) is 4.00. The first-order valence-corrected chi connectivity index (χ1v) is 6.64. The number of hydrogen-bond acceptors (Lipinski definition) is 1. The van der Waals surface area contributed by atoms with E-state index in [0.29, 0.717) is 11.7 Å². The lowest BCUT2D eigenvalue weighted by Crippen LogP contribution is -2.16. The predicted octanol–water partition coefficient (Wildman–Crippen LogP) is 3.91. The van der Waals surface area contributed by atoms with Gasteiger partial charge in [-0.1, -0.05) is 17.7 Å². The summed E-state index contributed by atoms with van der Waals surface area (Å²) >= 11 is 0. The molecule has 0 aliphatic heterocycles. The first kappa shape index (κ1) is 12.3. The molecule has 1 aromatic carbocycles. The van der Waals surface area contributed by atoms with Gasteiger partial charge in [0, 0.05) is 12.8 Å². The summed E-state index contributed by atoms with van der Waals surface area (Å²) in [5.74, 6) is 1.17. The average Bonchev–Trinajstić information content (AvgIpc) is 2.26. The second kappa shape index (κ2) is 5.03. The molecule has 1 aliphatic rings.